The van der Waals surface area contributed by atoms with Crippen LogP contribution < -0.4 is 5.69 Å². The molecule has 0 bridgehead atoms. The second kappa shape index (κ2) is 5.93. The Bertz CT molecular complexity index is 979. The second-order valence-electron chi connectivity index (χ2n) is 5.12. The van der Waals surface area contributed by atoms with Crippen LogP contribution in [0, 0.1) is 0 Å². The minimum atomic E-state index is -0.400. The maximum atomic E-state index is 12.3. The van der Waals surface area contributed by atoms with E-state index in [1.54, 1.807) is 30.3 Å². The number of nitrogens with zero attached hydrogens (tertiary/aromatic N) is 3. The number of rotatable bonds is 3. The van der Waals surface area contributed by atoms with Crippen LogP contribution in [0.5, 0.6) is 0 Å². The molecule has 23 heavy (non-hydrogen) atoms. The lowest BCUT2D eigenvalue weighted by molar-refractivity contribution is 0.101. The van der Waals surface area contributed by atoms with Gasteiger partial charge in [-0.05, 0) is 31.2 Å². The highest BCUT2D eigenvalue weighted by Gasteiger charge is 2.14. The number of hydrogen-bond donors (Lipinski definition) is 0. The van der Waals surface area contributed by atoms with Crippen LogP contribution in [0.2, 0.25) is 5.02 Å². The molecule has 116 valence electrons. The van der Waals surface area contributed by atoms with Gasteiger partial charge in [0.05, 0.1) is 5.69 Å². The average molecular weight is 328 g/mol. The third-order valence-corrected chi connectivity index (χ3v) is 3.83. The van der Waals surface area contributed by atoms with Crippen molar-refractivity contribution in [3.05, 3.63) is 57.6 Å². The van der Waals surface area contributed by atoms with E-state index in [4.69, 9.17) is 11.6 Å². The number of carbonyl (C=O) groups is 1. The number of hydrogen-bond acceptors (Lipinski definition) is 4. The molecule has 0 fully saturated rings. The van der Waals surface area contributed by atoms with Crippen LogP contribution in [0.1, 0.15) is 24.3 Å². The fourth-order valence-electron chi connectivity index (χ4n) is 2.48. The standard InChI is InChI=1S/C17H14ClN3O2/c1-3-21-16-13(7-8-14(19-16)10(2)22)15(20-17(21)23)11-5-4-6-12(18)9-11/h4-9H,3H2,1-2H3. The summed E-state index contributed by atoms with van der Waals surface area (Å²) in [6.07, 6.45) is 0. The molecule has 0 atom stereocenters. The van der Waals surface area contributed by atoms with E-state index in [1.807, 2.05) is 13.0 Å². The average Bonchev–Trinajstić information content (AvgIpc) is 2.53. The molecule has 3 rings (SSSR count). The summed E-state index contributed by atoms with van der Waals surface area (Å²) in [7, 11) is 0. The summed E-state index contributed by atoms with van der Waals surface area (Å²) in [5, 5.41) is 1.27. The zero-order chi connectivity index (χ0) is 16.6. The SMILES string of the molecule is CCn1c(=O)nc(-c2cccc(Cl)c2)c2ccc(C(C)=O)nc21. The summed E-state index contributed by atoms with van der Waals surface area (Å²) in [5.41, 5.74) is 1.63. The van der Waals surface area contributed by atoms with E-state index in [2.05, 4.69) is 9.97 Å². The Balaban J connectivity index is 2.40. The largest absolute Gasteiger partial charge is 0.349 e. The number of halogens is 1. The van der Waals surface area contributed by atoms with Gasteiger partial charge in [-0.15, -0.1) is 0 Å². The van der Waals surface area contributed by atoms with Crippen LogP contribution >= 0.6 is 11.6 Å². The van der Waals surface area contributed by atoms with Gasteiger partial charge in [0.25, 0.3) is 0 Å². The molecule has 0 aliphatic rings. The van der Waals surface area contributed by atoms with E-state index in [9.17, 15) is 9.59 Å². The number of aryl methyl sites for hydroxylation is 1. The van der Waals surface area contributed by atoms with Crippen LogP contribution in [0.4, 0.5) is 0 Å². The minimum absolute atomic E-state index is 0.150. The summed E-state index contributed by atoms with van der Waals surface area (Å²) in [4.78, 5) is 32.4. The van der Waals surface area contributed by atoms with Crippen molar-refractivity contribution in [3.8, 4) is 11.3 Å². The molecule has 1 aromatic carbocycles. The van der Waals surface area contributed by atoms with E-state index in [0.29, 0.717) is 34.0 Å². The third-order valence-electron chi connectivity index (χ3n) is 3.60. The lowest BCUT2D eigenvalue weighted by Gasteiger charge is -2.11. The van der Waals surface area contributed by atoms with E-state index in [-0.39, 0.29) is 5.78 Å². The summed E-state index contributed by atoms with van der Waals surface area (Å²) in [6.45, 7) is 3.71. The number of fused-ring (bicyclic) bond motifs is 1. The zero-order valence-corrected chi connectivity index (χ0v) is 13.5. The molecule has 0 aliphatic carbocycles. The Morgan fingerprint density at radius 1 is 1.22 bits per heavy atom. The molecule has 0 saturated heterocycles. The van der Waals surface area contributed by atoms with Gasteiger partial charge >= 0.3 is 5.69 Å². The number of aromatic nitrogens is 3. The normalized spacial score (nSPS) is 10.9. The monoisotopic (exact) mass is 327 g/mol. The Morgan fingerprint density at radius 2 is 2.00 bits per heavy atom. The molecule has 6 heteroatoms. The topological polar surface area (TPSA) is 64.8 Å². The molecule has 5 nitrogen and oxygen atoms in total. The third kappa shape index (κ3) is 2.75. The summed E-state index contributed by atoms with van der Waals surface area (Å²) in [6, 6.07) is 10.6. The Labute approximate surface area is 137 Å². The second-order valence-corrected chi connectivity index (χ2v) is 5.56. The molecular weight excluding hydrogens is 314 g/mol. The van der Waals surface area contributed by atoms with Crippen molar-refractivity contribution in [2.45, 2.75) is 20.4 Å². The molecule has 2 aromatic heterocycles. The quantitative estimate of drug-likeness (QED) is 0.692. The van der Waals surface area contributed by atoms with Gasteiger partial charge in [-0.25, -0.2) is 9.78 Å². The van der Waals surface area contributed by atoms with Crippen molar-refractivity contribution in [2.75, 3.05) is 0 Å². The molecule has 2 heterocycles. The van der Waals surface area contributed by atoms with Crippen molar-refractivity contribution < 1.29 is 4.79 Å². The van der Waals surface area contributed by atoms with Crippen molar-refractivity contribution in [1.29, 1.82) is 0 Å². The Morgan fingerprint density at radius 3 is 2.65 bits per heavy atom. The van der Waals surface area contributed by atoms with Gasteiger partial charge < -0.3 is 0 Å². The number of pyridine rings is 1. The van der Waals surface area contributed by atoms with Crippen LogP contribution in [0.3, 0.4) is 0 Å². The summed E-state index contributed by atoms with van der Waals surface area (Å²) < 4.78 is 1.45. The summed E-state index contributed by atoms with van der Waals surface area (Å²) >= 11 is 6.04. The highest BCUT2D eigenvalue weighted by Crippen LogP contribution is 2.26. The molecule has 0 radical (unpaired) electrons. The van der Waals surface area contributed by atoms with Gasteiger partial charge in [-0.1, -0.05) is 23.7 Å². The van der Waals surface area contributed by atoms with Crippen LogP contribution in [0.25, 0.3) is 22.3 Å². The highest BCUT2D eigenvalue weighted by molar-refractivity contribution is 6.30. The molecular formula is C17H14ClN3O2. The van der Waals surface area contributed by atoms with Crippen molar-refractivity contribution in [2.24, 2.45) is 0 Å². The predicted molar refractivity (Wildman–Crippen MR) is 89.9 cm³/mol. The van der Waals surface area contributed by atoms with Crippen molar-refractivity contribution >= 4 is 28.4 Å². The highest BCUT2D eigenvalue weighted by atomic mass is 35.5. The van der Waals surface area contributed by atoms with Gasteiger partial charge in [0, 0.05) is 29.4 Å². The number of carbonyl (C=O) groups excluding carboxylic acids is 1. The molecule has 0 amide bonds. The van der Waals surface area contributed by atoms with E-state index in [0.717, 1.165) is 5.56 Å². The van der Waals surface area contributed by atoms with Crippen molar-refractivity contribution in [3.63, 3.8) is 0 Å². The lowest BCUT2D eigenvalue weighted by atomic mass is 10.1. The van der Waals surface area contributed by atoms with Crippen LogP contribution in [-0.4, -0.2) is 20.3 Å². The van der Waals surface area contributed by atoms with E-state index < -0.39 is 5.69 Å². The van der Waals surface area contributed by atoms with E-state index >= 15 is 0 Å². The van der Waals surface area contributed by atoms with Gasteiger partial charge in [-0.2, -0.15) is 4.98 Å². The van der Waals surface area contributed by atoms with Crippen molar-refractivity contribution in [1.82, 2.24) is 14.5 Å². The molecule has 0 saturated carbocycles. The fraction of sp³-hybridized carbons (Fsp3) is 0.176. The van der Waals surface area contributed by atoms with Crippen LogP contribution in [0.15, 0.2) is 41.2 Å². The van der Waals surface area contributed by atoms with Gasteiger partial charge in [-0.3, -0.25) is 9.36 Å². The fourth-order valence-corrected chi connectivity index (χ4v) is 2.67. The van der Waals surface area contributed by atoms with Crippen LogP contribution in [-0.2, 0) is 6.54 Å². The first-order valence-electron chi connectivity index (χ1n) is 7.19. The molecule has 0 aliphatic heterocycles. The first-order valence-corrected chi connectivity index (χ1v) is 7.57. The first-order chi connectivity index (χ1) is 11.0. The maximum absolute atomic E-state index is 12.3. The van der Waals surface area contributed by atoms with E-state index in [1.165, 1.54) is 11.5 Å². The molecule has 3 aromatic rings. The lowest BCUT2D eigenvalue weighted by Crippen LogP contribution is -2.24. The van der Waals surface area contributed by atoms with Gasteiger partial charge in [0.1, 0.15) is 11.3 Å². The predicted octanol–water partition coefficient (Wildman–Crippen LogP) is 3.33. The number of Topliss-reactive ketones (excluding diaryl/α,β-unsaturated/α-hetero) is 1. The zero-order valence-electron chi connectivity index (χ0n) is 12.7. The summed E-state index contributed by atoms with van der Waals surface area (Å²) in [5.74, 6) is -0.150. The minimum Gasteiger partial charge on any atom is -0.293 e. The van der Waals surface area contributed by atoms with Gasteiger partial charge in [0.2, 0.25) is 0 Å². The first kappa shape index (κ1) is 15.4. The Hall–Kier alpha value is -2.53. The number of ketones is 1. The maximum Gasteiger partial charge on any atom is 0.349 e. The smallest absolute Gasteiger partial charge is 0.293 e. The molecule has 0 N–H and O–H groups in total. The molecule has 0 spiro atoms. The van der Waals surface area contributed by atoms with Gasteiger partial charge in [0.15, 0.2) is 5.78 Å². The molecule has 0 unspecified atom stereocenters. The number of benzene rings is 1. The Kier molecular flexibility index (Phi) is 3.96.